The minimum atomic E-state index is 0.471. The summed E-state index contributed by atoms with van der Waals surface area (Å²) in [5, 5.41) is 4.05. The van der Waals surface area contributed by atoms with Crippen molar-refractivity contribution in [1.82, 2.24) is 15.3 Å². The Balaban J connectivity index is 1.83. The quantitative estimate of drug-likeness (QED) is 0.775. The number of anilines is 1. The zero-order valence-electron chi connectivity index (χ0n) is 8.36. The van der Waals surface area contributed by atoms with Crippen LogP contribution in [0.3, 0.4) is 0 Å². The number of piperazine rings is 1. The molecule has 0 unspecified atom stereocenters. The van der Waals surface area contributed by atoms with Crippen molar-refractivity contribution in [2.75, 3.05) is 18.0 Å². The van der Waals surface area contributed by atoms with Crippen molar-refractivity contribution in [2.24, 2.45) is 0 Å². The van der Waals surface area contributed by atoms with Gasteiger partial charge in [0.1, 0.15) is 11.0 Å². The molecule has 1 aromatic heterocycles. The molecule has 5 heteroatoms. The highest BCUT2D eigenvalue weighted by Gasteiger charge is 2.32. The third kappa shape index (κ3) is 1.79. The lowest BCUT2D eigenvalue weighted by Gasteiger charge is -2.33. The van der Waals surface area contributed by atoms with Gasteiger partial charge in [-0.1, -0.05) is 11.6 Å². The van der Waals surface area contributed by atoms with Gasteiger partial charge in [0.25, 0.3) is 0 Å². The van der Waals surface area contributed by atoms with E-state index in [9.17, 15) is 0 Å². The van der Waals surface area contributed by atoms with E-state index in [1.54, 1.807) is 12.4 Å². The van der Waals surface area contributed by atoms with E-state index in [0.29, 0.717) is 17.2 Å². The standard InChI is InChI=1S/C10H13ClN4/c11-9-3-12-4-10(14-9)15-5-7-1-2-8(6-15)13-7/h3-4,7-8,13H,1-2,5-6H2/t7-,8+. The Bertz CT molecular complexity index is 358. The number of nitrogens with zero attached hydrogens (tertiary/aromatic N) is 3. The molecule has 2 fully saturated rings. The molecule has 1 N–H and O–H groups in total. The molecule has 0 amide bonds. The average Bonchev–Trinajstić information content (AvgIpc) is 2.58. The van der Waals surface area contributed by atoms with E-state index < -0.39 is 0 Å². The van der Waals surface area contributed by atoms with Gasteiger partial charge < -0.3 is 10.2 Å². The third-order valence-electron chi connectivity index (χ3n) is 3.13. The molecule has 0 aromatic carbocycles. The molecule has 4 nitrogen and oxygen atoms in total. The second-order valence-corrected chi connectivity index (χ2v) is 4.63. The zero-order valence-corrected chi connectivity index (χ0v) is 9.11. The summed E-state index contributed by atoms with van der Waals surface area (Å²) in [6, 6.07) is 1.23. The number of aromatic nitrogens is 2. The SMILES string of the molecule is Clc1cncc(N2C[C@H]3CC[C@@H](C2)N3)n1. The summed E-state index contributed by atoms with van der Waals surface area (Å²) >= 11 is 5.84. The Kier molecular flexibility index (Phi) is 2.25. The molecule has 0 saturated carbocycles. The van der Waals surface area contributed by atoms with Crippen molar-refractivity contribution in [3.8, 4) is 0 Å². The number of fused-ring (bicyclic) bond motifs is 2. The maximum atomic E-state index is 5.84. The van der Waals surface area contributed by atoms with Crippen LogP contribution in [-0.2, 0) is 0 Å². The van der Waals surface area contributed by atoms with E-state index in [-0.39, 0.29) is 0 Å². The topological polar surface area (TPSA) is 41.1 Å². The van der Waals surface area contributed by atoms with Crippen LogP contribution < -0.4 is 10.2 Å². The third-order valence-corrected chi connectivity index (χ3v) is 3.32. The molecule has 0 aliphatic carbocycles. The van der Waals surface area contributed by atoms with Gasteiger partial charge in [0, 0.05) is 25.2 Å². The van der Waals surface area contributed by atoms with Gasteiger partial charge in [0.15, 0.2) is 0 Å². The number of halogens is 1. The summed E-state index contributed by atoms with van der Waals surface area (Å²) in [5.74, 6) is 0.904. The van der Waals surface area contributed by atoms with E-state index in [1.807, 2.05) is 0 Å². The van der Waals surface area contributed by atoms with Gasteiger partial charge in [-0.2, -0.15) is 0 Å². The molecule has 2 atom stereocenters. The molecule has 2 aliphatic heterocycles. The number of rotatable bonds is 1. The first kappa shape index (κ1) is 9.36. The Hall–Kier alpha value is -0.870. The van der Waals surface area contributed by atoms with Crippen LogP contribution >= 0.6 is 11.6 Å². The Morgan fingerprint density at radius 3 is 2.67 bits per heavy atom. The van der Waals surface area contributed by atoms with Gasteiger partial charge in [-0.3, -0.25) is 4.98 Å². The van der Waals surface area contributed by atoms with Crippen LogP contribution in [0.15, 0.2) is 12.4 Å². The maximum Gasteiger partial charge on any atom is 0.149 e. The second kappa shape index (κ2) is 3.61. The lowest BCUT2D eigenvalue weighted by molar-refractivity contribution is 0.463. The molecular weight excluding hydrogens is 212 g/mol. The minimum absolute atomic E-state index is 0.471. The fourth-order valence-corrected chi connectivity index (χ4v) is 2.61. The molecule has 3 heterocycles. The zero-order chi connectivity index (χ0) is 10.3. The van der Waals surface area contributed by atoms with E-state index in [2.05, 4.69) is 20.2 Å². The Labute approximate surface area is 93.7 Å². The van der Waals surface area contributed by atoms with Crippen molar-refractivity contribution < 1.29 is 0 Å². The van der Waals surface area contributed by atoms with Crippen molar-refractivity contribution in [1.29, 1.82) is 0 Å². The summed E-state index contributed by atoms with van der Waals surface area (Å²) in [6.07, 6.45) is 5.91. The monoisotopic (exact) mass is 224 g/mol. The normalized spacial score (nSPS) is 29.5. The lowest BCUT2D eigenvalue weighted by Crippen LogP contribution is -2.51. The van der Waals surface area contributed by atoms with Gasteiger partial charge in [0.2, 0.25) is 0 Å². The summed E-state index contributed by atoms with van der Waals surface area (Å²) in [7, 11) is 0. The van der Waals surface area contributed by atoms with Crippen LogP contribution in [-0.4, -0.2) is 35.1 Å². The maximum absolute atomic E-state index is 5.84. The molecule has 1 aromatic rings. The predicted octanol–water partition coefficient (Wildman–Crippen LogP) is 1.07. The minimum Gasteiger partial charge on any atom is -0.352 e. The van der Waals surface area contributed by atoms with Crippen molar-refractivity contribution in [3.05, 3.63) is 17.5 Å². The van der Waals surface area contributed by atoms with Crippen LogP contribution in [0.25, 0.3) is 0 Å². The summed E-state index contributed by atoms with van der Waals surface area (Å²) in [6.45, 7) is 2.04. The first-order valence-electron chi connectivity index (χ1n) is 5.30. The fraction of sp³-hybridized carbons (Fsp3) is 0.600. The lowest BCUT2D eigenvalue weighted by atomic mass is 10.2. The number of hydrogen-bond donors (Lipinski definition) is 1. The van der Waals surface area contributed by atoms with Crippen molar-refractivity contribution in [3.63, 3.8) is 0 Å². The molecule has 2 bridgehead atoms. The van der Waals surface area contributed by atoms with E-state index >= 15 is 0 Å². The molecule has 15 heavy (non-hydrogen) atoms. The van der Waals surface area contributed by atoms with Crippen LogP contribution in [0.5, 0.6) is 0 Å². The molecular formula is C10H13ClN4. The smallest absolute Gasteiger partial charge is 0.149 e. The summed E-state index contributed by atoms with van der Waals surface area (Å²) in [5.41, 5.74) is 0. The van der Waals surface area contributed by atoms with E-state index in [4.69, 9.17) is 11.6 Å². The highest BCUT2D eigenvalue weighted by atomic mass is 35.5. The molecule has 2 saturated heterocycles. The van der Waals surface area contributed by atoms with Gasteiger partial charge in [0.05, 0.1) is 12.4 Å². The first-order valence-corrected chi connectivity index (χ1v) is 5.67. The average molecular weight is 225 g/mol. The number of nitrogens with one attached hydrogen (secondary N) is 1. The van der Waals surface area contributed by atoms with Crippen LogP contribution in [0.4, 0.5) is 5.82 Å². The van der Waals surface area contributed by atoms with Crippen LogP contribution in [0.1, 0.15) is 12.8 Å². The molecule has 3 rings (SSSR count). The first-order chi connectivity index (χ1) is 7.31. The molecule has 0 spiro atoms. The second-order valence-electron chi connectivity index (χ2n) is 4.24. The molecule has 2 aliphatic rings. The highest BCUT2D eigenvalue weighted by molar-refractivity contribution is 6.29. The Morgan fingerprint density at radius 1 is 1.27 bits per heavy atom. The van der Waals surface area contributed by atoms with E-state index in [0.717, 1.165) is 18.9 Å². The Morgan fingerprint density at radius 2 is 2.00 bits per heavy atom. The largest absolute Gasteiger partial charge is 0.352 e. The van der Waals surface area contributed by atoms with Crippen molar-refractivity contribution >= 4 is 17.4 Å². The van der Waals surface area contributed by atoms with Gasteiger partial charge in [-0.25, -0.2) is 4.98 Å². The van der Waals surface area contributed by atoms with Crippen molar-refractivity contribution in [2.45, 2.75) is 24.9 Å². The predicted molar refractivity (Wildman–Crippen MR) is 59.2 cm³/mol. The van der Waals surface area contributed by atoms with Gasteiger partial charge in [-0.15, -0.1) is 0 Å². The van der Waals surface area contributed by atoms with E-state index in [1.165, 1.54) is 12.8 Å². The number of hydrogen-bond acceptors (Lipinski definition) is 4. The molecule has 0 radical (unpaired) electrons. The summed E-state index contributed by atoms with van der Waals surface area (Å²) < 4.78 is 0. The van der Waals surface area contributed by atoms with Gasteiger partial charge in [-0.05, 0) is 12.8 Å². The van der Waals surface area contributed by atoms with Gasteiger partial charge >= 0.3 is 0 Å². The summed E-state index contributed by atoms with van der Waals surface area (Å²) in [4.78, 5) is 10.6. The fourth-order valence-electron chi connectivity index (χ4n) is 2.47. The van der Waals surface area contributed by atoms with Crippen LogP contribution in [0, 0.1) is 0 Å². The molecule has 80 valence electrons. The van der Waals surface area contributed by atoms with Crippen LogP contribution in [0.2, 0.25) is 5.15 Å². The highest BCUT2D eigenvalue weighted by Crippen LogP contribution is 2.23.